The molecule has 1 aliphatic heterocycles. The van der Waals surface area contributed by atoms with E-state index in [9.17, 15) is 23.2 Å². The summed E-state index contributed by atoms with van der Waals surface area (Å²) in [6.45, 7) is 9.77. The van der Waals surface area contributed by atoms with Crippen LogP contribution in [0.15, 0.2) is 71.2 Å². The number of nitrogens with two attached hydrogens (primary N) is 1. The lowest BCUT2D eigenvalue weighted by atomic mass is 9.68. The quantitative estimate of drug-likeness (QED) is 0.297. The Morgan fingerprint density at radius 3 is 2.42 bits per heavy atom. The number of ketones is 1. The number of carbonyl (C=O) groups excluding carboxylic acids is 1. The maximum Gasteiger partial charge on any atom is 0.416 e. The minimum atomic E-state index is -4.64. The van der Waals surface area contributed by atoms with Crippen molar-refractivity contribution in [1.29, 1.82) is 5.26 Å². The SMILES string of the molecule is Cc1cc(COc2ccc(Cl)cc2C)c(C)c(C2C(C#N)=C(N)N(c3cc(C(F)(F)F)ccc3Cl)C3=C2C(=O)CC(C)(C)C3)c1. The van der Waals surface area contributed by atoms with Crippen LogP contribution in [0, 0.1) is 37.5 Å². The number of hydrogen-bond donors (Lipinski definition) is 1. The van der Waals surface area contributed by atoms with Gasteiger partial charge in [0.15, 0.2) is 5.78 Å². The van der Waals surface area contributed by atoms with Gasteiger partial charge >= 0.3 is 6.18 Å². The summed E-state index contributed by atoms with van der Waals surface area (Å²) in [5.74, 6) is -0.423. The molecular formula is C35H32Cl2F3N3O2. The van der Waals surface area contributed by atoms with E-state index in [2.05, 4.69) is 6.07 Å². The predicted molar refractivity (Wildman–Crippen MR) is 170 cm³/mol. The number of nitriles is 1. The van der Waals surface area contributed by atoms with Crippen molar-refractivity contribution < 1.29 is 22.7 Å². The molecule has 1 heterocycles. The lowest BCUT2D eigenvalue weighted by molar-refractivity contribution is -0.137. The molecule has 0 fully saturated rings. The highest BCUT2D eigenvalue weighted by Crippen LogP contribution is 2.52. The van der Waals surface area contributed by atoms with Gasteiger partial charge < -0.3 is 10.5 Å². The molecule has 5 rings (SSSR count). The zero-order valence-corrected chi connectivity index (χ0v) is 27.0. The van der Waals surface area contributed by atoms with Gasteiger partial charge in [-0.05, 0) is 91.3 Å². The number of rotatable bonds is 5. The van der Waals surface area contributed by atoms with Crippen LogP contribution in [0.5, 0.6) is 5.75 Å². The largest absolute Gasteiger partial charge is 0.489 e. The fourth-order valence-electron chi connectivity index (χ4n) is 6.30. The third kappa shape index (κ3) is 6.16. The number of nitrogens with zero attached hydrogens (tertiary/aromatic N) is 2. The first-order valence-corrected chi connectivity index (χ1v) is 15.1. The number of halogens is 5. The molecule has 2 N–H and O–H groups in total. The lowest BCUT2D eigenvalue weighted by Crippen LogP contribution is -2.42. The van der Waals surface area contributed by atoms with Crippen LogP contribution in [0.1, 0.15) is 66.0 Å². The molecule has 1 aliphatic carbocycles. The summed E-state index contributed by atoms with van der Waals surface area (Å²) in [6, 6.07) is 14.4. The number of ether oxygens (including phenoxy) is 1. The first-order chi connectivity index (χ1) is 21.0. The first-order valence-electron chi connectivity index (χ1n) is 14.3. The molecule has 3 aromatic carbocycles. The molecule has 1 unspecified atom stereocenters. The Morgan fingerprint density at radius 2 is 1.78 bits per heavy atom. The number of aryl methyl sites for hydroxylation is 2. The van der Waals surface area contributed by atoms with E-state index in [0.29, 0.717) is 34.0 Å². The monoisotopic (exact) mass is 653 g/mol. The summed E-state index contributed by atoms with van der Waals surface area (Å²) in [5, 5.41) is 11.1. The second kappa shape index (κ2) is 11.8. The van der Waals surface area contributed by atoms with Crippen molar-refractivity contribution in [2.75, 3.05) is 4.90 Å². The number of allylic oxidation sites excluding steroid dienone is 3. The summed E-state index contributed by atoms with van der Waals surface area (Å²) in [4.78, 5) is 15.4. The van der Waals surface area contributed by atoms with Gasteiger partial charge in [0.05, 0.1) is 33.8 Å². The molecular weight excluding hydrogens is 622 g/mol. The first kappa shape index (κ1) is 32.5. The van der Waals surface area contributed by atoms with Crippen LogP contribution in [0.3, 0.4) is 0 Å². The summed E-state index contributed by atoms with van der Waals surface area (Å²) in [7, 11) is 0. The molecule has 3 aromatic rings. The van der Waals surface area contributed by atoms with E-state index in [1.165, 1.54) is 4.90 Å². The van der Waals surface area contributed by atoms with E-state index in [1.807, 2.05) is 52.8 Å². The summed E-state index contributed by atoms with van der Waals surface area (Å²) >= 11 is 12.6. The Labute approximate surface area is 270 Å². The van der Waals surface area contributed by atoms with Crippen LogP contribution >= 0.6 is 23.2 Å². The van der Waals surface area contributed by atoms with Gasteiger partial charge in [0, 0.05) is 22.7 Å². The average Bonchev–Trinajstić information content (AvgIpc) is 2.93. The number of Topliss-reactive ketones (excluding diaryl/α,β-unsaturated/α-hetero) is 1. The Balaban J connectivity index is 1.70. The molecule has 1 atom stereocenters. The standard InChI is InChI=1S/C35H32Cl2F3N3O2/c1-18-10-21(17-45-30-9-7-23(36)12-19(30)2)20(3)24(11-18)31-25(16-41)33(42)43(28-14-34(4,5)15-29(44)32(28)31)27-13-22(35(38,39)40)6-8-26(27)37/h6-13,31H,14-15,17,42H2,1-5H3. The van der Waals surface area contributed by atoms with Crippen molar-refractivity contribution in [1.82, 2.24) is 0 Å². The molecule has 5 nitrogen and oxygen atoms in total. The third-order valence-electron chi connectivity index (χ3n) is 8.43. The van der Waals surface area contributed by atoms with E-state index in [-0.39, 0.29) is 40.9 Å². The van der Waals surface area contributed by atoms with Crippen LogP contribution in [-0.2, 0) is 17.6 Å². The second-order valence-electron chi connectivity index (χ2n) is 12.5. The van der Waals surface area contributed by atoms with E-state index in [1.54, 1.807) is 12.1 Å². The molecule has 0 saturated carbocycles. The fraction of sp³-hybridized carbons (Fsp3) is 0.314. The topological polar surface area (TPSA) is 79.3 Å². The third-order valence-corrected chi connectivity index (χ3v) is 8.98. The second-order valence-corrected chi connectivity index (χ2v) is 13.3. The molecule has 0 spiro atoms. The number of benzene rings is 3. The fourth-order valence-corrected chi connectivity index (χ4v) is 6.73. The zero-order valence-electron chi connectivity index (χ0n) is 25.5. The number of hydrogen-bond acceptors (Lipinski definition) is 5. The van der Waals surface area contributed by atoms with Gasteiger partial charge in [0.25, 0.3) is 0 Å². The molecule has 0 aromatic heterocycles. The van der Waals surface area contributed by atoms with Crippen LogP contribution in [0.4, 0.5) is 18.9 Å². The van der Waals surface area contributed by atoms with E-state index in [0.717, 1.165) is 40.5 Å². The van der Waals surface area contributed by atoms with Crippen molar-refractivity contribution in [2.24, 2.45) is 11.1 Å². The highest BCUT2D eigenvalue weighted by Gasteiger charge is 2.46. The zero-order chi connectivity index (χ0) is 33.0. The van der Waals surface area contributed by atoms with Gasteiger partial charge in [0.2, 0.25) is 0 Å². The minimum absolute atomic E-state index is 0.00744. The maximum absolute atomic E-state index is 14.0. The van der Waals surface area contributed by atoms with Crippen molar-refractivity contribution in [3.05, 3.63) is 115 Å². The van der Waals surface area contributed by atoms with Crippen molar-refractivity contribution in [3.63, 3.8) is 0 Å². The lowest BCUT2D eigenvalue weighted by Gasteiger charge is -2.44. The smallest absolute Gasteiger partial charge is 0.416 e. The number of anilines is 1. The van der Waals surface area contributed by atoms with Crippen LogP contribution < -0.4 is 15.4 Å². The Hall–Kier alpha value is -3.93. The predicted octanol–water partition coefficient (Wildman–Crippen LogP) is 9.46. The molecule has 234 valence electrons. The van der Waals surface area contributed by atoms with Gasteiger partial charge in [-0.25, -0.2) is 0 Å². The number of carbonyl (C=O) groups is 1. The molecule has 45 heavy (non-hydrogen) atoms. The summed E-state index contributed by atoms with van der Waals surface area (Å²) < 4.78 is 47.6. The van der Waals surface area contributed by atoms with E-state index in [4.69, 9.17) is 33.7 Å². The summed E-state index contributed by atoms with van der Waals surface area (Å²) in [5.41, 5.74) is 10.2. The summed E-state index contributed by atoms with van der Waals surface area (Å²) in [6.07, 6.45) is -4.12. The van der Waals surface area contributed by atoms with Gasteiger partial charge in [-0.2, -0.15) is 18.4 Å². The van der Waals surface area contributed by atoms with E-state index >= 15 is 0 Å². The van der Waals surface area contributed by atoms with E-state index < -0.39 is 23.1 Å². The molecule has 10 heteroatoms. The highest BCUT2D eigenvalue weighted by atomic mass is 35.5. The Kier molecular flexibility index (Phi) is 8.50. The van der Waals surface area contributed by atoms with Crippen molar-refractivity contribution in [2.45, 2.75) is 66.2 Å². The Morgan fingerprint density at radius 1 is 1.07 bits per heavy atom. The van der Waals surface area contributed by atoms with Crippen LogP contribution in [-0.4, -0.2) is 5.78 Å². The Bertz CT molecular complexity index is 1840. The van der Waals surface area contributed by atoms with Crippen LogP contribution in [0.2, 0.25) is 10.0 Å². The van der Waals surface area contributed by atoms with Gasteiger partial charge in [-0.15, -0.1) is 0 Å². The highest BCUT2D eigenvalue weighted by molar-refractivity contribution is 6.33. The van der Waals surface area contributed by atoms with Crippen LogP contribution in [0.25, 0.3) is 0 Å². The molecule has 0 saturated heterocycles. The van der Waals surface area contributed by atoms with Crippen molar-refractivity contribution >= 4 is 34.7 Å². The molecule has 0 radical (unpaired) electrons. The minimum Gasteiger partial charge on any atom is -0.489 e. The molecule has 2 aliphatic rings. The molecule has 0 bridgehead atoms. The average molecular weight is 655 g/mol. The van der Waals surface area contributed by atoms with Gasteiger partial charge in [-0.3, -0.25) is 9.69 Å². The van der Waals surface area contributed by atoms with Gasteiger partial charge in [0.1, 0.15) is 18.2 Å². The normalized spacial score (nSPS) is 18.2. The van der Waals surface area contributed by atoms with Gasteiger partial charge in [-0.1, -0.05) is 54.7 Å². The van der Waals surface area contributed by atoms with Crippen molar-refractivity contribution in [3.8, 4) is 11.8 Å². The maximum atomic E-state index is 14.0. The number of alkyl halides is 3. The molecule has 0 amide bonds.